The number of carbonyl (C=O) groups excluding carboxylic acids is 1. The van der Waals surface area contributed by atoms with Gasteiger partial charge in [-0.15, -0.1) is 0 Å². The van der Waals surface area contributed by atoms with E-state index in [2.05, 4.69) is 17.1 Å². The van der Waals surface area contributed by atoms with E-state index in [4.69, 9.17) is 4.42 Å². The highest BCUT2D eigenvalue weighted by Gasteiger charge is 2.21. The fraction of sp³-hybridized carbons (Fsp3) is 0.643. The average molecular weight is 250 g/mol. The van der Waals surface area contributed by atoms with E-state index < -0.39 is 0 Å². The SMILES string of the molecule is CC(NC(=O)CN1CCCCC1C)c1ccco1. The minimum atomic E-state index is -0.0624. The van der Waals surface area contributed by atoms with E-state index in [1.165, 1.54) is 19.3 Å². The lowest BCUT2D eigenvalue weighted by atomic mass is 10.0. The topological polar surface area (TPSA) is 45.5 Å². The Balaban J connectivity index is 1.81. The van der Waals surface area contributed by atoms with Crippen LogP contribution in [-0.4, -0.2) is 29.9 Å². The Morgan fingerprint density at radius 2 is 2.44 bits per heavy atom. The summed E-state index contributed by atoms with van der Waals surface area (Å²) in [6.45, 7) is 5.66. The van der Waals surface area contributed by atoms with Gasteiger partial charge in [0.15, 0.2) is 0 Å². The quantitative estimate of drug-likeness (QED) is 0.892. The van der Waals surface area contributed by atoms with Crippen molar-refractivity contribution in [1.29, 1.82) is 0 Å². The van der Waals surface area contributed by atoms with E-state index in [1.54, 1.807) is 6.26 Å². The van der Waals surface area contributed by atoms with Crippen molar-refractivity contribution in [3.8, 4) is 0 Å². The van der Waals surface area contributed by atoms with Crippen molar-refractivity contribution in [3.63, 3.8) is 0 Å². The summed E-state index contributed by atoms with van der Waals surface area (Å²) < 4.78 is 5.28. The first-order valence-electron chi connectivity index (χ1n) is 6.73. The number of nitrogens with zero attached hydrogens (tertiary/aromatic N) is 1. The zero-order valence-corrected chi connectivity index (χ0v) is 11.2. The molecule has 0 spiro atoms. The average Bonchev–Trinajstić information content (AvgIpc) is 2.85. The normalized spacial score (nSPS) is 22.7. The van der Waals surface area contributed by atoms with Crippen molar-refractivity contribution < 1.29 is 9.21 Å². The van der Waals surface area contributed by atoms with Gasteiger partial charge in [-0.3, -0.25) is 9.69 Å². The van der Waals surface area contributed by atoms with Gasteiger partial charge in [-0.2, -0.15) is 0 Å². The van der Waals surface area contributed by atoms with Crippen LogP contribution < -0.4 is 5.32 Å². The van der Waals surface area contributed by atoms with Crippen molar-refractivity contribution in [2.24, 2.45) is 0 Å². The molecule has 4 nitrogen and oxygen atoms in total. The number of furan rings is 1. The van der Waals surface area contributed by atoms with Gasteiger partial charge in [0.1, 0.15) is 5.76 Å². The second kappa shape index (κ2) is 6.05. The van der Waals surface area contributed by atoms with Gasteiger partial charge in [0, 0.05) is 6.04 Å². The molecule has 1 aromatic rings. The molecule has 0 saturated carbocycles. The van der Waals surface area contributed by atoms with Crippen LogP contribution in [0.3, 0.4) is 0 Å². The molecule has 2 heterocycles. The van der Waals surface area contributed by atoms with Crippen LogP contribution in [0.1, 0.15) is 44.9 Å². The van der Waals surface area contributed by atoms with E-state index in [9.17, 15) is 4.79 Å². The number of likely N-dealkylation sites (tertiary alicyclic amines) is 1. The minimum absolute atomic E-state index is 0.0624. The van der Waals surface area contributed by atoms with Crippen LogP contribution in [0.5, 0.6) is 0 Å². The first-order chi connectivity index (χ1) is 8.66. The monoisotopic (exact) mass is 250 g/mol. The number of hydrogen-bond acceptors (Lipinski definition) is 3. The number of piperidine rings is 1. The molecule has 0 radical (unpaired) electrons. The van der Waals surface area contributed by atoms with Gasteiger partial charge in [-0.1, -0.05) is 6.42 Å². The predicted molar refractivity (Wildman–Crippen MR) is 70.2 cm³/mol. The Kier molecular flexibility index (Phi) is 4.42. The number of hydrogen-bond donors (Lipinski definition) is 1. The van der Waals surface area contributed by atoms with E-state index in [0.717, 1.165) is 12.3 Å². The summed E-state index contributed by atoms with van der Waals surface area (Å²) in [5, 5.41) is 2.98. The molecule has 2 rings (SSSR count). The zero-order valence-electron chi connectivity index (χ0n) is 11.2. The standard InChI is InChI=1S/C14H22N2O2/c1-11-6-3-4-8-16(11)10-14(17)15-12(2)13-7-5-9-18-13/h5,7,9,11-12H,3-4,6,8,10H2,1-2H3,(H,15,17). The maximum atomic E-state index is 12.0. The summed E-state index contributed by atoms with van der Waals surface area (Å²) in [6, 6.07) is 4.18. The predicted octanol–water partition coefficient (Wildman–Crippen LogP) is 2.33. The van der Waals surface area contributed by atoms with Crippen LogP contribution in [0.2, 0.25) is 0 Å². The molecule has 1 aliphatic heterocycles. The van der Waals surface area contributed by atoms with Crippen molar-refractivity contribution in [1.82, 2.24) is 10.2 Å². The molecule has 4 heteroatoms. The van der Waals surface area contributed by atoms with E-state index in [-0.39, 0.29) is 11.9 Å². The Labute approximate surface area is 108 Å². The van der Waals surface area contributed by atoms with Crippen molar-refractivity contribution in [2.75, 3.05) is 13.1 Å². The molecule has 0 aliphatic carbocycles. The molecule has 1 aliphatic rings. The van der Waals surface area contributed by atoms with Crippen LogP contribution >= 0.6 is 0 Å². The third-order valence-corrected chi connectivity index (χ3v) is 3.63. The molecule has 1 amide bonds. The lowest BCUT2D eigenvalue weighted by Gasteiger charge is -2.32. The van der Waals surface area contributed by atoms with Crippen molar-refractivity contribution in [2.45, 2.75) is 45.2 Å². The Morgan fingerprint density at radius 1 is 1.61 bits per heavy atom. The number of nitrogens with one attached hydrogen (secondary N) is 1. The molecule has 1 fully saturated rings. The lowest BCUT2D eigenvalue weighted by Crippen LogP contribution is -2.44. The number of carbonyl (C=O) groups is 1. The Morgan fingerprint density at radius 3 is 3.11 bits per heavy atom. The molecule has 1 aromatic heterocycles. The second-order valence-electron chi connectivity index (χ2n) is 5.12. The first kappa shape index (κ1) is 13.1. The summed E-state index contributed by atoms with van der Waals surface area (Å²) in [6.07, 6.45) is 5.30. The van der Waals surface area contributed by atoms with Crippen molar-refractivity contribution >= 4 is 5.91 Å². The molecule has 18 heavy (non-hydrogen) atoms. The molecule has 0 bridgehead atoms. The minimum Gasteiger partial charge on any atom is -0.467 e. The summed E-state index contributed by atoms with van der Waals surface area (Å²) >= 11 is 0. The maximum Gasteiger partial charge on any atom is 0.234 e. The van der Waals surface area contributed by atoms with Gasteiger partial charge in [0.05, 0.1) is 18.8 Å². The van der Waals surface area contributed by atoms with E-state index in [1.807, 2.05) is 19.1 Å². The first-order valence-corrected chi connectivity index (χ1v) is 6.73. The van der Waals surface area contributed by atoms with E-state index in [0.29, 0.717) is 12.6 Å². The smallest absolute Gasteiger partial charge is 0.234 e. The van der Waals surface area contributed by atoms with Crippen LogP contribution in [0.25, 0.3) is 0 Å². The molecular formula is C14H22N2O2. The van der Waals surface area contributed by atoms with Gasteiger partial charge in [0.2, 0.25) is 5.91 Å². The third-order valence-electron chi connectivity index (χ3n) is 3.63. The summed E-state index contributed by atoms with van der Waals surface area (Å²) in [5.74, 6) is 0.877. The number of amides is 1. The van der Waals surface area contributed by atoms with Crippen LogP contribution in [0.4, 0.5) is 0 Å². The highest BCUT2D eigenvalue weighted by molar-refractivity contribution is 5.78. The van der Waals surface area contributed by atoms with Crippen LogP contribution in [0.15, 0.2) is 22.8 Å². The van der Waals surface area contributed by atoms with Gasteiger partial charge >= 0.3 is 0 Å². The summed E-state index contributed by atoms with van der Waals surface area (Å²) in [4.78, 5) is 14.2. The zero-order chi connectivity index (χ0) is 13.0. The second-order valence-corrected chi connectivity index (χ2v) is 5.12. The van der Waals surface area contributed by atoms with Gasteiger partial charge in [-0.05, 0) is 45.4 Å². The fourth-order valence-corrected chi connectivity index (χ4v) is 2.47. The van der Waals surface area contributed by atoms with Gasteiger partial charge in [0.25, 0.3) is 0 Å². The van der Waals surface area contributed by atoms with Crippen LogP contribution in [-0.2, 0) is 4.79 Å². The van der Waals surface area contributed by atoms with Gasteiger partial charge in [-0.25, -0.2) is 0 Å². The Hall–Kier alpha value is -1.29. The molecule has 2 atom stereocenters. The molecule has 1 N–H and O–H groups in total. The van der Waals surface area contributed by atoms with Gasteiger partial charge < -0.3 is 9.73 Å². The molecule has 1 saturated heterocycles. The number of rotatable bonds is 4. The molecule has 2 unspecified atom stereocenters. The molecule has 100 valence electrons. The molecule has 0 aromatic carbocycles. The van der Waals surface area contributed by atoms with E-state index >= 15 is 0 Å². The summed E-state index contributed by atoms with van der Waals surface area (Å²) in [5.41, 5.74) is 0. The molecular weight excluding hydrogens is 228 g/mol. The largest absolute Gasteiger partial charge is 0.467 e. The highest BCUT2D eigenvalue weighted by atomic mass is 16.3. The Bertz CT molecular complexity index is 375. The van der Waals surface area contributed by atoms with Crippen LogP contribution in [0, 0.1) is 0 Å². The third kappa shape index (κ3) is 3.35. The maximum absolute atomic E-state index is 12.0. The van der Waals surface area contributed by atoms with Crippen molar-refractivity contribution in [3.05, 3.63) is 24.2 Å². The fourth-order valence-electron chi connectivity index (χ4n) is 2.47. The summed E-state index contributed by atoms with van der Waals surface area (Å²) in [7, 11) is 0. The highest BCUT2D eigenvalue weighted by Crippen LogP contribution is 2.16. The lowest BCUT2D eigenvalue weighted by molar-refractivity contribution is -0.123.